The number of unbranched alkanes of at least 4 members (excludes halogenated alkanes) is 2. The fourth-order valence-corrected chi connectivity index (χ4v) is 1.92. The number of rotatable bonds is 9. The van der Waals surface area contributed by atoms with Crippen molar-refractivity contribution in [1.29, 1.82) is 0 Å². The molecule has 0 atom stereocenters. The molecule has 0 heterocycles. The Kier molecular flexibility index (Phi) is 9.43. The van der Waals surface area contributed by atoms with Gasteiger partial charge in [0.25, 0.3) is 0 Å². The average molecular weight is 337 g/mol. The van der Waals surface area contributed by atoms with Gasteiger partial charge in [0.1, 0.15) is 0 Å². The van der Waals surface area contributed by atoms with Gasteiger partial charge in [0.15, 0.2) is 0 Å². The molecule has 1 rings (SSSR count). The summed E-state index contributed by atoms with van der Waals surface area (Å²) in [4.78, 5) is 22.3. The van der Waals surface area contributed by atoms with E-state index in [0.29, 0.717) is 24.4 Å². The minimum atomic E-state index is -0.385. The fraction of sp³-hybridized carbons (Fsp3) is 0.294. The van der Waals surface area contributed by atoms with E-state index in [-0.39, 0.29) is 11.8 Å². The van der Waals surface area contributed by atoms with Gasteiger partial charge in [-0.3, -0.25) is 14.8 Å². The molecule has 124 valence electrons. The van der Waals surface area contributed by atoms with E-state index in [1.54, 1.807) is 17.6 Å². The van der Waals surface area contributed by atoms with Crippen molar-refractivity contribution in [3.63, 3.8) is 0 Å². The Labute approximate surface area is 141 Å². The maximum atomic E-state index is 11.5. The normalized spacial score (nSPS) is 11.0. The van der Waals surface area contributed by atoms with Crippen molar-refractivity contribution in [3.8, 4) is 0 Å². The van der Waals surface area contributed by atoms with Crippen LogP contribution in [-0.2, 0) is 9.59 Å². The van der Waals surface area contributed by atoms with Crippen LogP contribution in [0.5, 0.6) is 0 Å². The zero-order chi connectivity index (χ0) is 16.9. The summed E-state index contributed by atoms with van der Waals surface area (Å²) in [6, 6.07) is 7.40. The molecule has 1 aromatic carbocycles. The minimum absolute atomic E-state index is 0.154. The lowest BCUT2D eigenvalue weighted by atomic mass is 10.2. The van der Waals surface area contributed by atoms with E-state index in [0.717, 1.165) is 18.4 Å². The van der Waals surface area contributed by atoms with Gasteiger partial charge in [-0.05, 0) is 30.5 Å². The monoisotopic (exact) mass is 336 g/mol. The summed E-state index contributed by atoms with van der Waals surface area (Å²) in [6.45, 7) is 0.560. The van der Waals surface area contributed by atoms with E-state index in [9.17, 15) is 9.59 Å². The Hall–Kier alpha value is -2.11. The van der Waals surface area contributed by atoms with Gasteiger partial charge < -0.3 is 5.32 Å². The second-order valence-electron chi connectivity index (χ2n) is 4.91. The average Bonchev–Trinajstić information content (AvgIpc) is 2.56. The molecule has 5 nitrogen and oxygen atoms in total. The van der Waals surface area contributed by atoms with Crippen molar-refractivity contribution in [2.75, 3.05) is 6.54 Å². The number of allylic oxidation sites excluding steroid dienone is 2. The largest absolute Gasteiger partial charge is 0.353 e. The molecule has 3 N–H and O–H groups in total. The van der Waals surface area contributed by atoms with E-state index in [1.807, 2.05) is 30.3 Å². The van der Waals surface area contributed by atoms with Crippen LogP contribution >= 0.6 is 11.6 Å². The van der Waals surface area contributed by atoms with Gasteiger partial charge in [0, 0.05) is 24.1 Å². The highest BCUT2D eigenvalue weighted by atomic mass is 35.5. The summed E-state index contributed by atoms with van der Waals surface area (Å²) in [5.41, 5.74) is 2.59. The third-order valence-electron chi connectivity index (χ3n) is 3.02. The zero-order valence-corrected chi connectivity index (χ0v) is 13.6. The van der Waals surface area contributed by atoms with Gasteiger partial charge in [0.05, 0.1) is 0 Å². The lowest BCUT2D eigenvalue weighted by molar-refractivity contribution is -0.129. The van der Waals surface area contributed by atoms with Crippen molar-refractivity contribution in [3.05, 3.63) is 53.1 Å². The first-order valence-corrected chi connectivity index (χ1v) is 7.80. The van der Waals surface area contributed by atoms with Crippen LogP contribution in [0, 0.1) is 0 Å². The predicted octanol–water partition coefficient (Wildman–Crippen LogP) is 3.09. The maximum Gasteiger partial charge on any atom is 0.243 e. The lowest BCUT2D eigenvalue weighted by Crippen LogP contribution is -2.22. The molecule has 0 bridgehead atoms. The van der Waals surface area contributed by atoms with Gasteiger partial charge >= 0.3 is 0 Å². The standard InChI is InChI=1S/C17H21ClN2O3/c18-15-11-9-14(10-12-15)6-3-4-7-16(21)19-13-5-1-2-8-17(22)20-23/h3-4,6-7,9-12,23H,1-2,5,8,13H2,(H,19,21)(H,20,22)/b6-3+,7-4-. The highest BCUT2D eigenvalue weighted by Gasteiger charge is 1.98. The topological polar surface area (TPSA) is 78.4 Å². The number of carbonyl (C=O) groups is 2. The molecule has 2 amide bonds. The van der Waals surface area contributed by atoms with Gasteiger partial charge in [-0.1, -0.05) is 48.4 Å². The quantitative estimate of drug-likeness (QED) is 0.213. The van der Waals surface area contributed by atoms with Crippen molar-refractivity contribution < 1.29 is 14.8 Å². The molecular weight excluding hydrogens is 316 g/mol. The molecule has 23 heavy (non-hydrogen) atoms. The van der Waals surface area contributed by atoms with Gasteiger partial charge in [-0.2, -0.15) is 0 Å². The minimum Gasteiger partial charge on any atom is -0.353 e. The van der Waals surface area contributed by atoms with Crippen molar-refractivity contribution >= 4 is 29.5 Å². The fourth-order valence-electron chi connectivity index (χ4n) is 1.80. The number of nitrogens with one attached hydrogen (secondary N) is 2. The molecule has 0 saturated heterocycles. The van der Waals surface area contributed by atoms with Crippen LogP contribution in [0.25, 0.3) is 6.08 Å². The summed E-state index contributed by atoms with van der Waals surface area (Å²) in [7, 11) is 0. The molecule has 0 saturated carbocycles. The first-order chi connectivity index (χ1) is 11.1. The van der Waals surface area contributed by atoms with E-state index < -0.39 is 0 Å². The van der Waals surface area contributed by atoms with Gasteiger partial charge in [-0.15, -0.1) is 0 Å². The molecule has 1 aromatic rings. The Bertz CT molecular complexity index is 553. The predicted molar refractivity (Wildman–Crippen MR) is 91.0 cm³/mol. The molecule has 0 aliphatic rings. The molecule has 0 radical (unpaired) electrons. The summed E-state index contributed by atoms with van der Waals surface area (Å²) < 4.78 is 0. The molecule has 0 spiro atoms. The number of hydrogen-bond donors (Lipinski definition) is 3. The van der Waals surface area contributed by atoms with Crippen molar-refractivity contribution in [2.45, 2.75) is 25.7 Å². The molecule has 0 aliphatic carbocycles. The van der Waals surface area contributed by atoms with Crippen LogP contribution < -0.4 is 10.8 Å². The summed E-state index contributed by atoms with van der Waals surface area (Å²) >= 11 is 5.80. The van der Waals surface area contributed by atoms with Crippen molar-refractivity contribution in [1.82, 2.24) is 10.8 Å². The second-order valence-corrected chi connectivity index (χ2v) is 5.34. The Balaban J connectivity index is 2.13. The summed E-state index contributed by atoms with van der Waals surface area (Å²) in [5.74, 6) is -0.539. The maximum absolute atomic E-state index is 11.5. The lowest BCUT2D eigenvalue weighted by Gasteiger charge is -2.02. The van der Waals surface area contributed by atoms with Crippen LogP contribution in [0.3, 0.4) is 0 Å². The van der Waals surface area contributed by atoms with Gasteiger partial charge in [0.2, 0.25) is 11.8 Å². The number of amides is 2. The third-order valence-corrected chi connectivity index (χ3v) is 3.27. The highest BCUT2D eigenvalue weighted by molar-refractivity contribution is 6.30. The number of carbonyl (C=O) groups excluding carboxylic acids is 2. The Morgan fingerprint density at radius 1 is 1.09 bits per heavy atom. The molecular formula is C17H21ClN2O3. The molecule has 0 fully saturated rings. The smallest absolute Gasteiger partial charge is 0.243 e. The number of hydroxylamine groups is 1. The summed E-state index contributed by atoms with van der Waals surface area (Å²) in [5, 5.41) is 11.8. The molecule has 0 unspecified atom stereocenters. The Morgan fingerprint density at radius 2 is 1.83 bits per heavy atom. The third kappa shape index (κ3) is 9.50. The number of hydrogen-bond acceptors (Lipinski definition) is 3. The molecule has 0 aromatic heterocycles. The van der Waals surface area contributed by atoms with E-state index in [1.165, 1.54) is 6.08 Å². The van der Waals surface area contributed by atoms with E-state index in [4.69, 9.17) is 16.8 Å². The second kappa shape index (κ2) is 11.5. The van der Waals surface area contributed by atoms with Gasteiger partial charge in [-0.25, -0.2) is 5.48 Å². The first kappa shape index (κ1) is 18.9. The van der Waals surface area contributed by atoms with Crippen molar-refractivity contribution in [2.24, 2.45) is 0 Å². The van der Waals surface area contributed by atoms with E-state index in [2.05, 4.69) is 5.32 Å². The van der Waals surface area contributed by atoms with Crippen LogP contribution in [0.4, 0.5) is 0 Å². The number of halogens is 1. The molecule has 6 heteroatoms. The van der Waals surface area contributed by atoms with E-state index >= 15 is 0 Å². The van der Waals surface area contributed by atoms with Crippen LogP contribution in [-0.4, -0.2) is 23.6 Å². The SMILES string of the molecule is O=C(/C=C\C=C\c1ccc(Cl)cc1)NCCCCCC(=O)NO. The van der Waals surface area contributed by atoms with Crippen LogP contribution in [0.2, 0.25) is 5.02 Å². The van der Waals surface area contributed by atoms with Crippen LogP contribution in [0.1, 0.15) is 31.2 Å². The molecule has 0 aliphatic heterocycles. The highest BCUT2D eigenvalue weighted by Crippen LogP contribution is 2.10. The number of benzene rings is 1. The summed E-state index contributed by atoms with van der Waals surface area (Å²) in [6.07, 6.45) is 9.39. The van der Waals surface area contributed by atoms with Crippen LogP contribution in [0.15, 0.2) is 42.5 Å². The first-order valence-electron chi connectivity index (χ1n) is 7.43. The Morgan fingerprint density at radius 3 is 2.52 bits per heavy atom. The zero-order valence-electron chi connectivity index (χ0n) is 12.8.